The summed E-state index contributed by atoms with van der Waals surface area (Å²) in [4.78, 5) is 48.9. The van der Waals surface area contributed by atoms with Crippen LogP contribution in [0, 0.1) is 6.92 Å². The topological polar surface area (TPSA) is 85.9 Å². The van der Waals surface area contributed by atoms with E-state index in [2.05, 4.69) is 20.6 Å². The maximum absolute atomic E-state index is 13.1. The first-order valence-corrected chi connectivity index (χ1v) is 12.0. The Kier molecular flexibility index (Phi) is 5.69. The second kappa shape index (κ2) is 8.63. The van der Waals surface area contributed by atoms with Crippen molar-refractivity contribution in [2.75, 3.05) is 32.7 Å². The molecule has 1 aromatic carbocycles. The number of aryl methyl sites for hydroxylation is 1. The van der Waals surface area contributed by atoms with Crippen LogP contribution < -0.4 is 5.32 Å². The monoisotopic (exact) mass is 453 g/mol. The Morgan fingerprint density at radius 1 is 1.16 bits per heavy atom. The smallest absolute Gasteiger partial charge is 0.255 e. The van der Waals surface area contributed by atoms with Crippen LogP contribution in [0.15, 0.2) is 29.6 Å². The molecule has 1 saturated heterocycles. The summed E-state index contributed by atoms with van der Waals surface area (Å²) < 4.78 is 0. The zero-order valence-corrected chi connectivity index (χ0v) is 18.9. The van der Waals surface area contributed by atoms with Crippen molar-refractivity contribution in [3.05, 3.63) is 51.5 Å². The minimum absolute atomic E-state index is 0.0462. The van der Waals surface area contributed by atoms with Gasteiger partial charge in [0, 0.05) is 49.7 Å². The summed E-state index contributed by atoms with van der Waals surface area (Å²) in [7, 11) is 0. The number of fused-ring (bicyclic) bond motifs is 1. The summed E-state index contributed by atoms with van der Waals surface area (Å²) in [6.45, 7) is 5.60. The van der Waals surface area contributed by atoms with E-state index < -0.39 is 6.04 Å². The molecule has 2 aliphatic heterocycles. The highest BCUT2D eigenvalue weighted by Crippen LogP contribution is 2.41. The Morgan fingerprint density at radius 3 is 2.59 bits per heavy atom. The quantitative estimate of drug-likeness (QED) is 0.718. The molecule has 1 aromatic heterocycles. The van der Waals surface area contributed by atoms with Crippen LogP contribution in [-0.4, -0.2) is 76.2 Å². The molecule has 1 atom stereocenters. The second-order valence-corrected chi connectivity index (χ2v) is 9.73. The predicted molar refractivity (Wildman–Crippen MR) is 120 cm³/mol. The van der Waals surface area contributed by atoms with Gasteiger partial charge >= 0.3 is 0 Å². The number of rotatable bonds is 6. The molecule has 1 saturated carbocycles. The van der Waals surface area contributed by atoms with E-state index in [0.29, 0.717) is 18.7 Å². The van der Waals surface area contributed by atoms with Crippen molar-refractivity contribution in [3.8, 4) is 0 Å². The van der Waals surface area contributed by atoms with Crippen molar-refractivity contribution in [2.24, 2.45) is 0 Å². The Hall–Kier alpha value is -2.78. The number of nitrogens with zero attached hydrogens (tertiary/aromatic N) is 4. The third-order valence-electron chi connectivity index (χ3n) is 6.38. The molecule has 1 unspecified atom stereocenters. The van der Waals surface area contributed by atoms with Crippen LogP contribution in [0.4, 0.5) is 0 Å². The van der Waals surface area contributed by atoms with Crippen LogP contribution in [-0.2, 0) is 16.1 Å². The van der Waals surface area contributed by atoms with Gasteiger partial charge in [-0.3, -0.25) is 19.3 Å². The van der Waals surface area contributed by atoms with Gasteiger partial charge in [-0.25, -0.2) is 4.98 Å². The van der Waals surface area contributed by atoms with Crippen LogP contribution in [0.25, 0.3) is 0 Å². The fourth-order valence-electron chi connectivity index (χ4n) is 4.57. The van der Waals surface area contributed by atoms with Gasteiger partial charge < -0.3 is 15.1 Å². The fourth-order valence-corrected chi connectivity index (χ4v) is 5.17. The Balaban J connectivity index is 1.15. The number of thiazole rings is 1. The van der Waals surface area contributed by atoms with Gasteiger partial charge in [0.25, 0.3) is 5.91 Å². The van der Waals surface area contributed by atoms with Gasteiger partial charge in [-0.1, -0.05) is 18.2 Å². The number of amides is 3. The SMILES string of the molecule is Cc1nc(CN2CCN(C(=O)CNC(=O)C3c4ccccc4C(=O)N3C3CC3)CC2)cs1. The number of aromatic nitrogens is 1. The molecule has 0 radical (unpaired) electrons. The number of piperazine rings is 1. The summed E-state index contributed by atoms with van der Waals surface area (Å²) in [5, 5.41) is 5.95. The summed E-state index contributed by atoms with van der Waals surface area (Å²) in [6, 6.07) is 6.76. The van der Waals surface area contributed by atoms with Crippen molar-refractivity contribution in [1.82, 2.24) is 25.0 Å². The lowest BCUT2D eigenvalue weighted by molar-refractivity contribution is -0.135. The first-order chi connectivity index (χ1) is 15.5. The fraction of sp³-hybridized carbons (Fsp3) is 0.478. The average Bonchev–Trinajstić information content (AvgIpc) is 3.49. The highest BCUT2D eigenvalue weighted by molar-refractivity contribution is 7.09. The van der Waals surface area contributed by atoms with Crippen molar-refractivity contribution in [2.45, 2.75) is 38.4 Å². The molecule has 5 rings (SSSR count). The van der Waals surface area contributed by atoms with Crippen LogP contribution in [0.1, 0.15) is 45.5 Å². The summed E-state index contributed by atoms with van der Waals surface area (Å²) in [6.07, 6.45) is 1.85. The molecule has 9 heteroatoms. The van der Waals surface area contributed by atoms with E-state index in [4.69, 9.17) is 0 Å². The first-order valence-electron chi connectivity index (χ1n) is 11.1. The number of carbonyl (C=O) groups excluding carboxylic acids is 3. The maximum Gasteiger partial charge on any atom is 0.255 e. The number of benzene rings is 1. The van der Waals surface area contributed by atoms with Crippen molar-refractivity contribution in [3.63, 3.8) is 0 Å². The highest BCUT2D eigenvalue weighted by Gasteiger charge is 2.47. The lowest BCUT2D eigenvalue weighted by Gasteiger charge is -2.34. The first kappa shape index (κ1) is 21.1. The number of nitrogens with one attached hydrogen (secondary N) is 1. The van der Waals surface area contributed by atoms with E-state index in [-0.39, 0.29) is 30.3 Å². The molecule has 0 spiro atoms. The van der Waals surface area contributed by atoms with Crippen molar-refractivity contribution < 1.29 is 14.4 Å². The molecular formula is C23H27N5O3S. The molecule has 1 N–H and O–H groups in total. The lowest BCUT2D eigenvalue weighted by atomic mass is 10.0. The molecule has 168 valence electrons. The Labute approximate surface area is 191 Å². The van der Waals surface area contributed by atoms with Crippen LogP contribution >= 0.6 is 11.3 Å². The van der Waals surface area contributed by atoms with E-state index >= 15 is 0 Å². The lowest BCUT2D eigenvalue weighted by Crippen LogP contribution is -2.51. The number of hydrogen-bond acceptors (Lipinski definition) is 6. The Bertz CT molecular complexity index is 1040. The Morgan fingerprint density at radius 2 is 1.91 bits per heavy atom. The summed E-state index contributed by atoms with van der Waals surface area (Å²) in [5.41, 5.74) is 2.41. The normalized spacial score (nSPS) is 21.0. The standard InChI is InChI=1S/C23H27N5O3S/c1-15-25-16(14-32-15)13-26-8-10-27(11-9-26)20(29)12-24-22(30)21-18-4-2-3-5-19(18)23(31)28(21)17-6-7-17/h2-5,14,17,21H,6-13H2,1H3,(H,24,30). The van der Waals surface area contributed by atoms with Crippen LogP contribution in [0.2, 0.25) is 0 Å². The second-order valence-electron chi connectivity index (χ2n) is 8.67. The van der Waals surface area contributed by atoms with Gasteiger partial charge in [0.2, 0.25) is 11.8 Å². The molecule has 3 heterocycles. The van der Waals surface area contributed by atoms with Gasteiger partial charge in [-0.05, 0) is 31.4 Å². The van der Waals surface area contributed by atoms with E-state index in [1.165, 1.54) is 0 Å². The highest BCUT2D eigenvalue weighted by atomic mass is 32.1. The zero-order valence-electron chi connectivity index (χ0n) is 18.1. The van der Waals surface area contributed by atoms with Crippen molar-refractivity contribution in [1.29, 1.82) is 0 Å². The summed E-state index contributed by atoms with van der Waals surface area (Å²) in [5.74, 6) is -0.444. The minimum Gasteiger partial charge on any atom is -0.345 e. The molecule has 3 amide bonds. The zero-order chi connectivity index (χ0) is 22.2. The molecule has 32 heavy (non-hydrogen) atoms. The number of hydrogen-bond donors (Lipinski definition) is 1. The third kappa shape index (κ3) is 4.14. The minimum atomic E-state index is -0.641. The van der Waals surface area contributed by atoms with Gasteiger partial charge in [0.05, 0.1) is 17.2 Å². The molecule has 0 bridgehead atoms. The van der Waals surface area contributed by atoms with Crippen LogP contribution in [0.3, 0.4) is 0 Å². The molecule has 3 aliphatic rings. The maximum atomic E-state index is 13.1. The van der Waals surface area contributed by atoms with E-state index in [1.54, 1.807) is 27.2 Å². The molecule has 1 aliphatic carbocycles. The predicted octanol–water partition coefficient (Wildman–Crippen LogP) is 1.57. The number of carbonyl (C=O) groups is 3. The summed E-state index contributed by atoms with van der Waals surface area (Å²) >= 11 is 1.65. The van der Waals surface area contributed by atoms with Gasteiger partial charge in [-0.2, -0.15) is 0 Å². The molecule has 2 aromatic rings. The van der Waals surface area contributed by atoms with Crippen molar-refractivity contribution >= 4 is 29.1 Å². The van der Waals surface area contributed by atoms with Gasteiger partial charge in [0.1, 0.15) is 6.04 Å². The van der Waals surface area contributed by atoms with Gasteiger partial charge in [-0.15, -0.1) is 11.3 Å². The largest absolute Gasteiger partial charge is 0.345 e. The van der Waals surface area contributed by atoms with E-state index in [0.717, 1.165) is 48.7 Å². The average molecular weight is 454 g/mol. The molecular weight excluding hydrogens is 426 g/mol. The van der Waals surface area contributed by atoms with E-state index in [9.17, 15) is 14.4 Å². The van der Waals surface area contributed by atoms with Crippen LogP contribution in [0.5, 0.6) is 0 Å². The molecule has 8 nitrogen and oxygen atoms in total. The van der Waals surface area contributed by atoms with E-state index in [1.807, 2.05) is 25.1 Å². The van der Waals surface area contributed by atoms with Gasteiger partial charge in [0.15, 0.2) is 0 Å². The third-order valence-corrected chi connectivity index (χ3v) is 7.20. The molecule has 2 fully saturated rings.